The first-order valence-corrected chi connectivity index (χ1v) is 6.03. The summed E-state index contributed by atoms with van der Waals surface area (Å²) in [5.74, 6) is 0.745. The maximum absolute atomic E-state index is 5.94. The Morgan fingerprint density at radius 3 is 2.87 bits per heavy atom. The van der Waals surface area contributed by atoms with E-state index in [1.165, 1.54) is 0 Å². The molecule has 1 aromatic carbocycles. The Hall–Kier alpha value is -0.400. The third kappa shape index (κ3) is 2.24. The maximum Gasteiger partial charge on any atom is 0.216 e. The highest BCUT2D eigenvalue weighted by molar-refractivity contribution is 14.1. The lowest BCUT2D eigenvalue weighted by Crippen LogP contribution is -1.90. The molecule has 0 bridgehead atoms. The molecule has 0 saturated heterocycles. The van der Waals surface area contributed by atoms with E-state index in [9.17, 15) is 0 Å². The third-order valence-corrected chi connectivity index (χ3v) is 3.49. The van der Waals surface area contributed by atoms with Gasteiger partial charge in [-0.1, -0.05) is 11.6 Å². The van der Waals surface area contributed by atoms with Crippen LogP contribution in [-0.4, -0.2) is 14.8 Å². The minimum atomic E-state index is 0.528. The molecule has 1 heterocycles. The normalized spacial score (nSPS) is 10.6. The van der Waals surface area contributed by atoms with Gasteiger partial charge in [0, 0.05) is 21.2 Å². The van der Waals surface area contributed by atoms with E-state index in [0.717, 1.165) is 15.0 Å². The van der Waals surface area contributed by atoms with Crippen LogP contribution in [0.2, 0.25) is 5.02 Å². The van der Waals surface area contributed by atoms with Crippen LogP contribution in [0.15, 0.2) is 18.2 Å². The van der Waals surface area contributed by atoms with Gasteiger partial charge in [0.2, 0.25) is 4.77 Å². The molecular weight excluding hydrogens is 345 g/mol. The molecule has 0 aliphatic carbocycles. The molecule has 78 valence electrons. The molecule has 3 nitrogen and oxygen atoms in total. The van der Waals surface area contributed by atoms with E-state index < -0.39 is 0 Å². The molecule has 1 N–H and O–H groups in total. The Kier molecular flexibility index (Phi) is 3.13. The molecule has 2 rings (SSSR count). The van der Waals surface area contributed by atoms with Gasteiger partial charge in [0.05, 0.1) is 0 Å². The highest BCUT2D eigenvalue weighted by Crippen LogP contribution is 2.25. The lowest BCUT2D eigenvalue weighted by atomic mass is 10.2. The second kappa shape index (κ2) is 4.23. The van der Waals surface area contributed by atoms with Crippen LogP contribution in [0.25, 0.3) is 11.4 Å². The van der Waals surface area contributed by atoms with Crippen LogP contribution in [-0.2, 0) is 7.05 Å². The van der Waals surface area contributed by atoms with Crippen LogP contribution in [0, 0.1) is 8.34 Å². The van der Waals surface area contributed by atoms with E-state index in [2.05, 4.69) is 32.7 Å². The summed E-state index contributed by atoms with van der Waals surface area (Å²) in [6.07, 6.45) is 0. The summed E-state index contributed by atoms with van der Waals surface area (Å²) in [4.78, 5) is 4.24. The molecule has 15 heavy (non-hydrogen) atoms. The van der Waals surface area contributed by atoms with Gasteiger partial charge in [-0.25, -0.2) is 0 Å². The fourth-order valence-corrected chi connectivity index (χ4v) is 2.10. The molecule has 0 spiro atoms. The molecule has 0 aliphatic heterocycles. The van der Waals surface area contributed by atoms with Crippen molar-refractivity contribution in [3.05, 3.63) is 31.6 Å². The standard InChI is InChI=1S/C9H7ClIN3S/c1-14-9(15)12-8(13-14)6-4-5(10)2-3-7(6)11/h2-4H,1H3,(H,12,13,15). The van der Waals surface area contributed by atoms with E-state index >= 15 is 0 Å². The number of rotatable bonds is 1. The summed E-state index contributed by atoms with van der Waals surface area (Å²) in [6, 6.07) is 5.67. The first-order valence-electron chi connectivity index (χ1n) is 4.16. The number of hydrogen-bond donors (Lipinski definition) is 1. The Labute approximate surface area is 111 Å². The monoisotopic (exact) mass is 351 g/mol. The quantitative estimate of drug-likeness (QED) is 0.631. The SMILES string of the molecule is Cn1[nH]c(-c2cc(Cl)ccc2I)nc1=S. The molecule has 0 aliphatic rings. The van der Waals surface area contributed by atoms with E-state index in [-0.39, 0.29) is 0 Å². The lowest BCUT2D eigenvalue weighted by molar-refractivity contribution is 0.756. The molecule has 0 radical (unpaired) electrons. The summed E-state index contributed by atoms with van der Waals surface area (Å²) in [5.41, 5.74) is 0.967. The van der Waals surface area contributed by atoms with Crippen LogP contribution in [0.5, 0.6) is 0 Å². The average molecular weight is 352 g/mol. The number of aromatic amines is 1. The molecule has 0 fully saturated rings. The highest BCUT2D eigenvalue weighted by atomic mass is 127. The Morgan fingerprint density at radius 2 is 2.27 bits per heavy atom. The van der Waals surface area contributed by atoms with E-state index in [1.54, 1.807) is 4.68 Å². The average Bonchev–Trinajstić information content (AvgIpc) is 2.51. The number of aromatic nitrogens is 3. The molecule has 2 aromatic rings. The predicted octanol–water partition coefficient (Wildman–Crippen LogP) is 3.40. The van der Waals surface area contributed by atoms with Crippen molar-refractivity contribution in [2.75, 3.05) is 0 Å². The largest absolute Gasteiger partial charge is 0.279 e. The van der Waals surface area contributed by atoms with Crippen molar-refractivity contribution < 1.29 is 0 Å². The van der Waals surface area contributed by atoms with Crippen LogP contribution in [0.3, 0.4) is 0 Å². The van der Waals surface area contributed by atoms with Gasteiger partial charge in [0.15, 0.2) is 5.82 Å². The Balaban J connectivity index is 2.63. The van der Waals surface area contributed by atoms with Crippen molar-refractivity contribution in [1.29, 1.82) is 0 Å². The number of nitrogens with one attached hydrogen (secondary N) is 1. The van der Waals surface area contributed by atoms with Gasteiger partial charge in [0.1, 0.15) is 0 Å². The van der Waals surface area contributed by atoms with Gasteiger partial charge in [-0.05, 0) is 53.0 Å². The molecule has 0 unspecified atom stereocenters. The van der Waals surface area contributed by atoms with Crippen LogP contribution >= 0.6 is 46.4 Å². The number of H-pyrrole nitrogens is 1. The zero-order valence-corrected chi connectivity index (χ0v) is 11.5. The van der Waals surface area contributed by atoms with Crippen molar-refractivity contribution in [3.63, 3.8) is 0 Å². The minimum absolute atomic E-state index is 0.528. The lowest BCUT2D eigenvalue weighted by Gasteiger charge is -2.00. The smallest absolute Gasteiger partial charge is 0.216 e. The first kappa shape index (κ1) is 11.1. The zero-order chi connectivity index (χ0) is 11.0. The fraction of sp³-hybridized carbons (Fsp3) is 0.111. The van der Waals surface area contributed by atoms with Crippen molar-refractivity contribution in [2.45, 2.75) is 0 Å². The van der Waals surface area contributed by atoms with Gasteiger partial charge in [-0.15, -0.1) is 0 Å². The summed E-state index contributed by atoms with van der Waals surface area (Å²) < 4.78 is 3.31. The second-order valence-corrected chi connectivity index (χ2v) is 5.00. The minimum Gasteiger partial charge on any atom is -0.279 e. The summed E-state index contributed by atoms with van der Waals surface area (Å²) in [6.45, 7) is 0. The highest BCUT2D eigenvalue weighted by Gasteiger charge is 2.07. The molecule has 6 heteroatoms. The van der Waals surface area contributed by atoms with E-state index in [0.29, 0.717) is 9.79 Å². The van der Waals surface area contributed by atoms with Crippen molar-refractivity contribution >= 4 is 46.4 Å². The number of hydrogen-bond acceptors (Lipinski definition) is 2. The van der Waals surface area contributed by atoms with Crippen molar-refractivity contribution in [2.24, 2.45) is 7.05 Å². The molecule has 0 atom stereocenters. The summed E-state index contributed by atoms with van der Waals surface area (Å²) >= 11 is 13.2. The predicted molar refractivity (Wildman–Crippen MR) is 71.6 cm³/mol. The van der Waals surface area contributed by atoms with Crippen molar-refractivity contribution in [1.82, 2.24) is 14.8 Å². The van der Waals surface area contributed by atoms with Gasteiger partial charge < -0.3 is 0 Å². The van der Waals surface area contributed by atoms with Gasteiger partial charge in [-0.3, -0.25) is 9.78 Å². The molecule has 1 aromatic heterocycles. The number of aryl methyl sites for hydroxylation is 1. The molecule has 0 amide bonds. The Bertz CT molecular complexity index is 561. The first-order chi connectivity index (χ1) is 7.08. The molecular formula is C9H7ClIN3S. The summed E-state index contributed by atoms with van der Waals surface area (Å²) in [5, 5.41) is 3.76. The van der Waals surface area contributed by atoms with Gasteiger partial charge in [0.25, 0.3) is 0 Å². The second-order valence-electron chi connectivity index (χ2n) is 3.04. The fourth-order valence-electron chi connectivity index (χ4n) is 1.20. The van der Waals surface area contributed by atoms with E-state index in [4.69, 9.17) is 23.8 Å². The van der Waals surface area contributed by atoms with Gasteiger partial charge in [-0.2, -0.15) is 4.98 Å². The number of benzene rings is 1. The Morgan fingerprint density at radius 1 is 1.53 bits per heavy atom. The van der Waals surface area contributed by atoms with Crippen molar-refractivity contribution in [3.8, 4) is 11.4 Å². The van der Waals surface area contributed by atoms with Crippen LogP contribution in [0.4, 0.5) is 0 Å². The van der Waals surface area contributed by atoms with Crippen LogP contribution in [0.1, 0.15) is 0 Å². The summed E-state index contributed by atoms with van der Waals surface area (Å²) in [7, 11) is 1.83. The molecule has 0 saturated carbocycles. The van der Waals surface area contributed by atoms with E-state index in [1.807, 2.05) is 25.2 Å². The zero-order valence-electron chi connectivity index (χ0n) is 7.79. The third-order valence-electron chi connectivity index (χ3n) is 1.95. The number of nitrogens with zero attached hydrogens (tertiary/aromatic N) is 2. The van der Waals surface area contributed by atoms with Gasteiger partial charge >= 0.3 is 0 Å². The van der Waals surface area contributed by atoms with Crippen LogP contribution < -0.4 is 0 Å². The topological polar surface area (TPSA) is 33.6 Å². The number of halogens is 2. The maximum atomic E-state index is 5.94.